The average Bonchev–Trinajstić information content (AvgIpc) is 2.75. The predicted octanol–water partition coefficient (Wildman–Crippen LogP) is 0.537. The van der Waals surface area contributed by atoms with E-state index in [1.165, 1.54) is 19.1 Å². The van der Waals surface area contributed by atoms with Crippen LogP contribution in [-0.4, -0.2) is 57.2 Å². The van der Waals surface area contributed by atoms with E-state index in [0.29, 0.717) is 19.4 Å². The number of aliphatic hydroxyl groups excluding tert-OH is 1. The molecule has 0 aliphatic rings. The van der Waals surface area contributed by atoms with Crippen molar-refractivity contribution in [2.24, 2.45) is 0 Å². The largest absolute Gasteiger partial charge is 0.515 e. The number of aromatic nitrogens is 2. The van der Waals surface area contributed by atoms with Gasteiger partial charge in [0.25, 0.3) is 5.91 Å². The van der Waals surface area contributed by atoms with Crippen LogP contribution in [0.1, 0.15) is 29.8 Å². The maximum atomic E-state index is 12.7. The predicted molar refractivity (Wildman–Crippen MR) is 115 cm³/mol. The number of nitrogens with one attached hydrogen (secondary N) is 2. The molecule has 158 valence electrons. The molecule has 9 nitrogen and oxygen atoms in total. The summed E-state index contributed by atoms with van der Waals surface area (Å²) in [5, 5.41) is 22.4. The van der Waals surface area contributed by atoms with E-state index in [-0.39, 0.29) is 38.4 Å². The number of H-pyrrole nitrogens is 1. The van der Waals surface area contributed by atoms with Crippen LogP contribution in [0.5, 0.6) is 5.75 Å². The van der Waals surface area contributed by atoms with Gasteiger partial charge in [-0.3, -0.25) is 14.4 Å². The van der Waals surface area contributed by atoms with Crippen LogP contribution < -0.4 is 21.4 Å². The Kier molecular flexibility index (Phi) is 6.02. The number of carbonyl (C=O) groups excluding carboxylic acids is 1. The lowest BCUT2D eigenvalue weighted by Gasteiger charge is -2.18. The average molecular weight is 412 g/mol. The Balaban J connectivity index is 2.16. The number of amides is 1. The molecule has 0 radical (unpaired) electrons. The minimum absolute atomic E-state index is 0.0131. The molecule has 0 saturated heterocycles. The second kappa shape index (κ2) is 8.50. The van der Waals surface area contributed by atoms with E-state index in [9.17, 15) is 24.6 Å². The molecule has 1 aromatic heterocycles. The molecular formula is C21H24N4O5. The van der Waals surface area contributed by atoms with Gasteiger partial charge in [-0.15, -0.1) is 0 Å². The van der Waals surface area contributed by atoms with Crippen molar-refractivity contribution in [3.05, 3.63) is 48.9 Å². The van der Waals surface area contributed by atoms with Crippen LogP contribution in [-0.2, 0) is 0 Å². The van der Waals surface area contributed by atoms with Crippen molar-refractivity contribution in [3.8, 4) is 5.75 Å². The van der Waals surface area contributed by atoms with Crippen molar-refractivity contribution in [2.75, 3.05) is 26.2 Å². The van der Waals surface area contributed by atoms with Crippen molar-refractivity contribution in [1.29, 1.82) is 0 Å². The maximum Gasteiger partial charge on any atom is 0.253 e. The maximum absolute atomic E-state index is 12.7. The summed E-state index contributed by atoms with van der Waals surface area (Å²) in [4.78, 5) is 47.0. The van der Waals surface area contributed by atoms with Crippen LogP contribution in [0.4, 0.5) is 0 Å². The minimum Gasteiger partial charge on any atom is -0.515 e. The number of likely N-dealkylation sites (N-methyl/N-ethyl adjacent to an activating group) is 1. The van der Waals surface area contributed by atoms with Crippen molar-refractivity contribution < 1.29 is 15.0 Å². The molecule has 0 atom stereocenters. The summed E-state index contributed by atoms with van der Waals surface area (Å²) < 4.78 is 0. The standard InChI is InChI=1S/C21H24N4O5/c1-4-25(5-2)9-8-22-21(30)12-6-7-14(27)17-15(12)24-18-16(23-17)13(10-26)19(28)11(3)20(18)29/h6-7,10,24,26,28H,4-5,8-9H2,1-3H3,(H,22,30). The highest BCUT2D eigenvalue weighted by atomic mass is 16.3. The van der Waals surface area contributed by atoms with Gasteiger partial charge in [0.15, 0.2) is 0 Å². The minimum atomic E-state index is -0.535. The topological polar surface area (TPSA) is 136 Å². The molecule has 0 saturated carbocycles. The van der Waals surface area contributed by atoms with E-state index in [1.54, 1.807) is 0 Å². The summed E-state index contributed by atoms with van der Waals surface area (Å²) in [6, 6.07) is 2.61. The number of aromatic amines is 1. The summed E-state index contributed by atoms with van der Waals surface area (Å²) in [6.45, 7) is 8.32. The third-order valence-corrected chi connectivity index (χ3v) is 5.27. The highest BCUT2D eigenvalue weighted by molar-refractivity contribution is 6.06. The number of rotatable bonds is 6. The first-order valence-electron chi connectivity index (χ1n) is 9.71. The molecule has 4 N–H and O–H groups in total. The van der Waals surface area contributed by atoms with E-state index in [0.717, 1.165) is 13.1 Å². The van der Waals surface area contributed by atoms with Crippen LogP contribution in [0, 0.1) is 6.92 Å². The van der Waals surface area contributed by atoms with Gasteiger partial charge in [-0.2, -0.15) is 0 Å². The first-order valence-corrected chi connectivity index (χ1v) is 9.71. The highest BCUT2D eigenvalue weighted by Crippen LogP contribution is 2.17. The van der Waals surface area contributed by atoms with Crippen LogP contribution in [0.15, 0.2) is 21.7 Å². The smallest absolute Gasteiger partial charge is 0.253 e. The fraction of sp³-hybridized carbons (Fsp3) is 0.333. The van der Waals surface area contributed by atoms with Crippen molar-refractivity contribution >= 4 is 34.2 Å². The van der Waals surface area contributed by atoms with Crippen LogP contribution in [0.3, 0.4) is 0 Å². The van der Waals surface area contributed by atoms with Gasteiger partial charge >= 0.3 is 0 Å². The molecule has 3 aromatic rings. The van der Waals surface area contributed by atoms with Gasteiger partial charge in [-0.25, -0.2) is 4.98 Å². The van der Waals surface area contributed by atoms with Gasteiger partial charge in [0.1, 0.15) is 22.3 Å². The van der Waals surface area contributed by atoms with Crippen LogP contribution >= 0.6 is 0 Å². The van der Waals surface area contributed by atoms with Gasteiger partial charge in [0.2, 0.25) is 10.9 Å². The summed E-state index contributed by atoms with van der Waals surface area (Å²) >= 11 is 0. The van der Waals surface area contributed by atoms with Gasteiger partial charge in [0.05, 0.1) is 22.6 Å². The lowest BCUT2D eigenvalue weighted by Crippen LogP contribution is -2.35. The Morgan fingerprint density at radius 3 is 2.53 bits per heavy atom. The van der Waals surface area contributed by atoms with Crippen molar-refractivity contribution in [3.63, 3.8) is 0 Å². The molecule has 0 unspecified atom stereocenters. The number of aromatic hydroxyl groups is 1. The zero-order chi connectivity index (χ0) is 22.0. The Hall–Kier alpha value is -3.46. The fourth-order valence-corrected chi connectivity index (χ4v) is 3.40. The van der Waals surface area contributed by atoms with Crippen molar-refractivity contribution in [2.45, 2.75) is 20.8 Å². The number of nitrogens with zero attached hydrogens (tertiary/aromatic N) is 2. The molecule has 0 aliphatic heterocycles. The zero-order valence-electron chi connectivity index (χ0n) is 17.1. The Bertz CT molecular complexity index is 1300. The normalized spacial score (nSPS) is 12.2. The van der Waals surface area contributed by atoms with E-state index >= 15 is 0 Å². The number of phenols is 1. The fourth-order valence-electron chi connectivity index (χ4n) is 3.40. The number of aliphatic hydroxyl groups is 1. The monoisotopic (exact) mass is 412 g/mol. The highest BCUT2D eigenvalue weighted by Gasteiger charge is 2.18. The Labute approximate surface area is 171 Å². The van der Waals surface area contributed by atoms with Gasteiger partial charge in [-0.05, 0) is 32.1 Å². The van der Waals surface area contributed by atoms with Gasteiger partial charge in [-0.1, -0.05) is 13.8 Å². The molecule has 0 aliphatic carbocycles. The number of phenolic OH excluding ortho intramolecular Hbond substituents is 1. The molecule has 1 amide bonds. The number of benzene rings is 2. The molecular weight excluding hydrogens is 388 g/mol. The van der Waals surface area contributed by atoms with E-state index < -0.39 is 22.5 Å². The summed E-state index contributed by atoms with van der Waals surface area (Å²) in [5.41, 5.74) is -0.797. The number of carbonyl (C=O) groups is 1. The quantitative estimate of drug-likeness (QED) is 0.434. The molecule has 2 aromatic carbocycles. The van der Waals surface area contributed by atoms with Crippen molar-refractivity contribution in [1.82, 2.24) is 20.2 Å². The van der Waals surface area contributed by atoms with Gasteiger partial charge < -0.3 is 25.4 Å². The lowest BCUT2D eigenvalue weighted by atomic mass is 10.1. The molecule has 0 spiro atoms. The van der Waals surface area contributed by atoms with Gasteiger partial charge in [0, 0.05) is 18.7 Å². The van der Waals surface area contributed by atoms with Crippen LogP contribution in [0.25, 0.3) is 28.3 Å². The summed E-state index contributed by atoms with van der Waals surface area (Å²) in [7, 11) is 0. The zero-order valence-corrected chi connectivity index (χ0v) is 17.1. The second-order valence-corrected chi connectivity index (χ2v) is 6.92. The number of hydrogen-bond acceptors (Lipinski definition) is 7. The first kappa shape index (κ1) is 21.3. The SMILES string of the molecule is CCN(CC)CCNC(=O)c1ccc(=O)c2nc3c(=CO)c(O)c(C)c(=O)c3[nH]c12. The molecule has 0 bridgehead atoms. The Morgan fingerprint density at radius 1 is 1.20 bits per heavy atom. The second-order valence-electron chi connectivity index (χ2n) is 6.92. The third-order valence-electron chi connectivity index (χ3n) is 5.27. The summed E-state index contributed by atoms with van der Waals surface area (Å²) in [5.74, 6) is -0.811. The number of fused-ring (bicyclic) bond motifs is 2. The third kappa shape index (κ3) is 3.59. The first-order chi connectivity index (χ1) is 14.3. The van der Waals surface area contributed by atoms with E-state index in [2.05, 4.69) is 20.2 Å². The molecule has 30 heavy (non-hydrogen) atoms. The molecule has 3 rings (SSSR count). The summed E-state index contributed by atoms with van der Waals surface area (Å²) in [6.07, 6.45) is 0.630. The Morgan fingerprint density at radius 2 is 1.90 bits per heavy atom. The van der Waals surface area contributed by atoms with E-state index in [4.69, 9.17) is 0 Å². The number of hydrogen-bond donors (Lipinski definition) is 4. The lowest BCUT2D eigenvalue weighted by molar-refractivity contribution is 0.0950. The molecule has 0 fully saturated rings. The molecule has 1 heterocycles. The van der Waals surface area contributed by atoms with E-state index in [1.807, 2.05) is 13.8 Å². The molecule has 9 heteroatoms. The van der Waals surface area contributed by atoms with Crippen LogP contribution in [0.2, 0.25) is 0 Å².